The van der Waals surface area contributed by atoms with Gasteiger partial charge in [0.25, 0.3) is 5.91 Å². The molecular weight excluding hydrogens is 573 g/mol. The van der Waals surface area contributed by atoms with Crippen molar-refractivity contribution in [1.82, 2.24) is 15.1 Å². The fourth-order valence-corrected chi connectivity index (χ4v) is 4.81. The third-order valence-electron chi connectivity index (χ3n) is 6.66. The molecule has 224 valence electrons. The van der Waals surface area contributed by atoms with Crippen LogP contribution in [0.1, 0.15) is 63.9 Å². The number of carbonyl (C=O) groups excluding carboxylic acids is 1. The normalized spacial score (nSPS) is 18.2. The number of halogens is 4. The molecule has 0 radical (unpaired) electrons. The van der Waals surface area contributed by atoms with Crippen LogP contribution in [0.5, 0.6) is 5.75 Å². The molecule has 0 bridgehead atoms. The zero-order valence-electron chi connectivity index (χ0n) is 23.1. The van der Waals surface area contributed by atoms with Crippen LogP contribution in [0.2, 0.25) is 5.02 Å². The van der Waals surface area contributed by atoms with Crippen LogP contribution in [0.15, 0.2) is 18.2 Å². The molecule has 1 heterocycles. The molecule has 0 unspecified atom stereocenters. The largest absolute Gasteiger partial charge is 0.496 e. The third kappa shape index (κ3) is 9.48. The number of ether oxygens (including phenoxy) is 1. The summed E-state index contributed by atoms with van der Waals surface area (Å²) in [5, 5.41) is 20.3. The molecule has 0 aliphatic heterocycles. The molecule has 1 amide bonds. The van der Waals surface area contributed by atoms with Crippen molar-refractivity contribution in [2.45, 2.75) is 77.7 Å². The van der Waals surface area contributed by atoms with Crippen molar-refractivity contribution in [3.05, 3.63) is 28.9 Å². The number of hydrogen-bond donors (Lipinski definition) is 3. The lowest BCUT2D eigenvalue weighted by Crippen LogP contribution is -2.33. The molecule has 1 aromatic carbocycles. The Balaban J connectivity index is 0.00000178. The number of hydrogen-bond acceptors (Lipinski definition) is 7. The molecule has 14 heteroatoms. The van der Waals surface area contributed by atoms with E-state index in [9.17, 15) is 23.1 Å². The number of nitrogens with one attached hydrogen (secondary N) is 2. The lowest BCUT2D eigenvalue weighted by molar-refractivity contribution is -0.138. The minimum absolute atomic E-state index is 0.0139. The van der Waals surface area contributed by atoms with E-state index in [1.807, 2.05) is 0 Å². The zero-order chi connectivity index (χ0) is 30.3. The number of aliphatic hydroxyl groups is 1. The Morgan fingerprint density at radius 1 is 1.25 bits per heavy atom. The van der Waals surface area contributed by atoms with Crippen molar-refractivity contribution in [1.29, 1.82) is 0 Å². The predicted octanol–water partition coefficient (Wildman–Crippen LogP) is 5.23. The summed E-state index contributed by atoms with van der Waals surface area (Å²) in [6.07, 6.45) is -0.0367. The van der Waals surface area contributed by atoms with Gasteiger partial charge in [0.2, 0.25) is 0 Å². The van der Waals surface area contributed by atoms with E-state index in [1.165, 1.54) is 23.9 Å². The molecular formula is C26H36ClF3N4O5S. The second-order valence-corrected chi connectivity index (χ2v) is 11.2. The second kappa shape index (κ2) is 14.3. The summed E-state index contributed by atoms with van der Waals surface area (Å²) in [4.78, 5) is 13.1. The van der Waals surface area contributed by atoms with Gasteiger partial charge in [0.15, 0.2) is 5.69 Å². The molecule has 1 fully saturated rings. The lowest BCUT2D eigenvalue weighted by atomic mass is 9.83. The van der Waals surface area contributed by atoms with Gasteiger partial charge in [-0.3, -0.25) is 9.48 Å². The van der Waals surface area contributed by atoms with Crippen LogP contribution in [0, 0.1) is 11.8 Å². The molecule has 40 heavy (non-hydrogen) atoms. The molecule has 1 aliphatic carbocycles. The number of benzene rings is 1. The molecule has 1 atom stereocenters. The van der Waals surface area contributed by atoms with Crippen molar-refractivity contribution in [3.8, 4) is 17.0 Å². The Hall–Kier alpha value is -2.64. The van der Waals surface area contributed by atoms with Gasteiger partial charge in [-0.1, -0.05) is 31.4 Å². The minimum atomic E-state index is -4.42. The fraction of sp³-hybridized carbons (Fsp3) is 0.615. The van der Waals surface area contributed by atoms with Crippen LogP contribution in [-0.4, -0.2) is 60.7 Å². The van der Waals surface area contributed by atoms with E-state index in [4.69, 9.17) is 24.8 Å². The number of aromatic nitrogens is 2. The first-order valence-electron chi connectivity index (χ1n) is 12.8. The number of methoxy groups -OCH3 is 1. The van der Waals surface area contributed by atoms with Crippen LogP contribution in [0.4, 0.5) is 18.9 Å². The highest BCUT2D eigenvalue weighted by Gasteiger charge is 2.36. The van der Waals surface area contributed by atoms with Crippen molar-refractivity contribution >= 4 is 34.8 Å². The van der Waals surface area contributed by atoms with Crippen LogP contribution in [0.25, 0.3) is 11.3 Å². The monoisotopic (exact) mass is 608 g/mol. The van der Waals surface area contributed by atoms with E-state index in [1.54, 1.807) is 19.9 Å². The predicted molar refractivity (Wildman–Crippen MR) is 147 cm³/mol. The SMILES string of the molecule is COc1cc(N[C@H](C)C(F)(F)F)ccc1-c1c(Cl)c(C(=O)NCC2CCC(C)CC2)nn1CC(C)(C)O.O=S=O. The average molecular weight is 609 g/mol. The lowest BCUT2D eigenvalue weighted by Gasteiger charge is -2.26. The van der Waals surface area contributed by atoms with Crippen molar-refractivity contribution in [3.63, 3.8) is 0 Å². The quantitative estimate of drug-likeness (QED) is 0.356. The highest BCUT2D eigenvalue weighted by molar-refractivity contribution is 7.51. The second-order valence-electron chi connectivity index (χ2n) is 10.7. The summed E-state index contributed by atoms with van der Waals surface area (Å²) in [5.41, 5.74) is -0.217. The first-order valence-corrected chi connectivity index (χ1v) is 13.9. The summed E-state index contributed by atoms with van der Waals surface area (Å²) in [6.45, 7) is 6.99. The highest BCUT2D eigenvalue weighted by atomic mass is 35.5. The maximum absolute atomic E-state index is 13.1. The van der Waals surface area contributed by atoms with E-state index in [-0.39, 0.29) is 28.7 Å². The van der Waals surface area contributed by atoms with E-state index < -0.39 is 35.3 Å². The van der Waals surface area contributed by atoms with E-state index in [0.29, 0.717) is 29.6 Å². The zero-order valence-corrected chi connectivity index (χ0v) is 24.7. The van der Waals surface area contributed by atoms with Crippen molar-refractivity contribution in [2.75, 3.05) is 19.0 Å². The number of nitrogens with zero attached hydrogens (tertiary/aromatic N) is 2. The molecule has 3 N–H and O–H groups in total. The van der Waals surface area contributed by atoms with Crippen molar-refractivity contribution in [2.24, 2.45) is 11.8 Å². The summed E-state index contributed by atoms with van der Waals surface area (Å²) in [7, 11) is 1.39. The van der Waals surface area contributed by atoms with Gasteiger partial charge in [0.05, 0.1) is 30.0 Å². The topological polar surface area (TPSA) is 123 Å². The van der Waals surface area contributed by atoms with Gasteiger partial charge in [-0.15, -0.1) is 0 Å². The van der Waals surface area contributed by atoms with E-state index >= 15 is 0 Å². The number of amides is 1. The van der Waals surface area contributed by atoms with E-state index in [0.717, 1.165) is 32.6 Å². The van der Waals surface area contributed by atoms with Crippen LogP contribution >= 0.6 is 11.6 Å². The van der Waals surface area contributed by atoms with Gasteiger partial charge in [0.1, 0.15) is 11.8 Å². The molecule has 1 saturated carbocycles. The smallest absolute Gasteiger partial charge is 0.408 e. The van der Waals surface area contributed by atoms with Crippen LogP contribution in [0.3, 0.4) is 0 Å². The first-order chi connectivity index (χ1) is 18.6. The number of anilines is 1. The fourth-order valence-electron chi connectivity index (χ4n) is 4.49. The summed E-state index contributed by atoms with van der Waals surface area (Å²) in [6, 6.07) is 2.69. The maximum Gasteiger partial charge on any atom is 0.408 e. The number of rotatable bonds is 9. The Morgan fingerprint density at radius 2 is 1.85 bits per heavy atom. The maximum atomic E-state index is 13.1. The summed E-state index contributed by atoms with van der Waals surface area (Å²) < 4.78 is 62.5. The van der Waals surface area contributed by atoms with Gasteiger partial charge < -0.3 is 20.5 Å². The highest BCUT2D eigenvalue weighted by Crippen LogP contribution is 2.39. The summed E-state index contributed by atoms with van der Waals surface area (Å²) in [5.74, 6) is 0.919. The molecule has 1 aliphatic rings. The van der Waals surface area contributed by atoms with Crippen molar-refractivity contribution < 1.29 is 36.2 Å². The van der Waals surface area contributed by atoms with Gasteiger partial charge in [0, 0.05) is 23.9 Å². The molecule has 3 rings (SSSR count). The third-order valence-corrected chi connectivity index (χ3v) is 7.02. The Labute approximate surface area is 240 Å². The molecule has 9 nitrogen and oxygen atoms in total. The van der Waals surface area contributed by atoms with Gasteiger partial charge in [-0.05, 0) is 57.6 Å². The number of carbonyl (C=O) groups is 1. The van der Waals surface area contributed by atoms with Gasteiger partial charge in [-0.2, -0.15) is 26.7 Å². The van der Waals surface area contributed by atoms with Gasteiger partial charge in [-0.25, -0.2) is 0 Å². The Morgan fingerprint density at radius 3 is 2.38 bits per heavy atom. The Bertz CT molecular complexity index is 1190. The van der Waals surface area contributed by atoms with E-state index in [2.05, 4.69) is 22.7 Å². The minimum Gasteiger partial charge on any atom is -0.496 e. The average Bonchev–Trinajstić information content (AvgIpc) is 3.17. The summed E-state index contributed by atoms with van der Waals surface area (Å²) >= 11 is 5.95. The number of alkyl halides is 3. The molecule has 0 saturated heterocycles. The first kappa shape index (κ1) is 33.6. The van der Waals surface area contributed by atoms with Gasteiger partial charge >= 0.3 is 17.7 Å². The Kier molecular flexibility index (Phi) is 12.0. The van der Waals surface area contributed by atoms with Crippen LogP contribution in [-0.2, 0) is 18.1 Å². The molecule has 2 aromatic rings. The van der Waals surface area contributed by atoms with Crippen LogP contribution < -0.4 is 15.4 Å². The molecule has 0 spiro atoms. The standard InChI is InChI=1S/C26H36ClF3N4O3.O2S/c1-15-6-8-17(9-7-15)13-31-24(35)22-21(27)23(34(33-22)14-25(3,4)36)19-11-10-18(12-20(19)37-5)32-16(2)26(28,29)30;1-3-2/h10-12,15-17,32,36H,6-9,13-14H2,1-5H3,(H,31,35);/t15?,16-,17?;/m1./s1. The molecule has 1 aromatic heterocycles.